The first-order chi connectivity index (χ1) is 15.7. The van der Waals surface area contributed by atoms with Gasteiger partial charge in [0.2, 0.25) is 15.9 Å². The Labute approximate surface area is 186 Å². The zero-order valence-electron chi connectivity index (χ0n) is 16.8. The van der Waals surface area contributed by atoms with Crippen molar-refractivity contribution < 1.29 is 26.3 Å². The van der Waals surface area contributed by atoms with Gasteiger partial charge in [-0.1, -0.05) is 12.1 Å². The number of ether oxygens (including phenoxy) is 1. The van der Waals surface area contributed by atoms with E-state index in [1.165, 1.54) is 18.5 Å². The number of halogens is 3. The van der Waals surface area contributed by atoms with Gasteiger partial charge >= 0.3 is 6.18 Å². The van der Waals surface area contributed by atoms with E-state index >= 15 is 0 Å². The maximum absolute atomic E-state index is 12.6. The Morgan fingerprint density at radius 3 is 2.36 bits per heavy atom. The molecule has 0 atom stereocenters. The normalized spacial score (nSPS) is 11.8. The Hall–Kier alpha value is -3.93. The summed E-state index contributed by atoms with van der Waals surface area (Å²) in [7, 11) is -3.84. The van der Waals surface area contributed by atoms with Gasteiger partial charge in [-0.25, -0.2) is 23.4 Å². The van der Waals surface area contributed by atoms with Crippen molar-refractivity contribution in [3.8, 4) is 17.4 Å². The molecule has 4 aromatic rings. The van der Waals surface area contributed by atoms with E-state index in [0.29, 0.717) is 11.6 Å². The van der Waals surface area contributed by atoms with E-state index in [-0.39, 0.29) is 17.1 Å². The number of nitrogens with one attached hydrogen (secondary N) is 1. The molecule has 0 radical (unpaired) electrons. The minimum absolute atomic E-state index is 0.230. The fraction of sp³-hybridized carbons (Fsp3) is 0.0952. The average Bonchev–Trinajstić information content (AvgIpc) is 3.30. The summed E-state index contributed by atoms with van der Waals surface area (Å²) in [5, 5.41) is 0. The lowest BCUT2D eigenvalue weighted by molar-refractivity contribution is -0.137. The molecule has 0 bridgehead atoms. The number of sulfonamides is 1. The third kappa shape index (κ3) is 5.86. The molecule has 4 rings (SSSR count). The number of rotatable bonds is 7. The number of imidazole rings is 1. The summed E-state index contributed by atoms with van der Waals surface area (Å²) in [5.74, 6) is 0.784. The third-order valence-electron chi connectivity index (χ3n) is 4.38. The first kappa shape index (κ1) is 22.3. The molecule has 8 nitrogen and oxygen atoms in total. The molecule has 0 aliphatic heterocycles. The van der Waals surface area contributed by atoms with Gasteiger partial charge in [0.1, 0.15) is 24.2 Å². The van der Waals surface area contributed by atoms with Crippen LogP contribution in [0.25, 0.3) is 5.82 Å². The molecule has 0 unspecified atom stereocenters. The van der Waals surface area contributed by atoms with Crippen LogP contribution in [0.4, 0.5) is 18.9 Å². The van der Waals surface area contributed by atoms with Gasteiger partial charge < -0.3 is 4.74 Å². The zero-order chi connectivity index (χ0) is 23.5. The molecule has 33 heavy (non-hydrogen) atoms. The Bertz CT molecular complexity index is 1330. The van der Waals surface area contributed by atoms with Crippen molar-refractivity contribution in [1.29, 1.82) is 0 Å². The van der Waals surface area contributed by atoms with Crippen LogP contribution < -0.4 is 9.46 Å². The number of anilines is 1. The van der Waals surface area contributed by atoms with E-state index in [9.17, 15) is 21.6 Å². The Morgan fingerprint density at radius 2 is 1.73 bits per heavy atom. The minimum Gasteiger partial charge on any atom is -0.439 e. The number of hydrogen-bond donors (Lipinski definition) is 1. The summed E-state index contributed by atoms with van der Waals surface area (Å²) in [5.41, 5.74) is -0.336. The standard InChI is InChI=1S/C21H16F3N5O3S/c22-21(23,24)16-3-1-15(2-4-16)12-33(30,31)28-17-5-7-18(8-6-17)32-20-11-19(26-13-27-20)29-10-9-25-14-29/h1-11,13-14,28H,12H2. The summed E-state index contributed by atoms with van der Waals surface area (Å²) < 4.78 is 72.5. The van der Waals surface area contributed by atoms with Crippen molar-refractivity contribution in [2.24, 2.45) is 0 Å². The lowest BCUT2D eigenvalue weighted by atomic mass is 10.1. The van der Waals surface area contributed by atoms with Crippen molar-refractivity contribution in [2.75, 3.05) is 4.72 Å². The molecule has 0 fully saturated rings. The van der Waals surface area contributed by atoms with E-state index in [0.717, 1.165) is 24.3 Å². The molecule has 2 aromatic carbocycles. The first-order valence-electron chi connectivity index (χ1n) is 9.43. The summed E-state index contributed by atoms with van der Waals surface area (Å²) in [4.78, 5) is 12.1. The molecule has 1 N–H and O–H groups in total. The van der Waals surface area contributed by atoms with Crippen molar-refractivity contribution in [2.45, 2.75) is 11.9 Å². The second-order valence-corrected chi connectivity index (χ2v) is 8.59. The second-order valence-electron chi connectivity index (χ2n) is 6.87. The second kappa shape index (κ2) is 8.90. The van der Waals surface area contributed by atoms with Gasteiger partial charge in [0.15, 0.2) is 0 Å². The van der Waals surface area contributed by atoms with Gasteiger partial charge in [-0.05, 0) is 42.0 Å². The quantitative estimate of drug-likeness (QED) is 0.425. The van der Waals surface area contributed by atoms with Crippen LogP contribution in [0.1, 0.15) is 11.1 Å². The molecule has 0 aliphatic rings. The Kier molecular flexibility index (Phi) is 6.01. The van der Waals surface area contributed by atoms with Gasteiger partial charge in [0, 0.05) is 24.1 Å². The Balaban J connectivity index is 1.39. The summed E-state index contributed by atoms with van der Waals surface area (Å²) in [6, 6.07) is 11.7. The van der Waals surface area contributed by atoms with E-state index in [4.69, 9.17) is 4.74 Å². The van der Waals surface area contributed by atoms with Crippen LogP contribution in [0, 0.1) is 0 Å². The smallest absolute Gasteiger partial charge is 0.416 e. The maximum Gasteiger partial charge on any atom is 0.416 e. The van der Waals surface area contributed by atoms with Crippen molar-refractivity contribution in [1.82, 2.24) is 19.5 Å². The Morgan fingerprint density at radius 1 is 1.00 bits per heavy atom. The molecule has 12 heteroatoms. The SMILES string of the molecule is O=S(=O)(Cc1ccc(C(F)(F)F)cc1)Nc1ccc(Oc2cc(-n3ccnc3)ncn2)cc1. The van der Waals surface area contributed by atoms with Crippen LogP contribution >= 0.6 is 0 Å². The number of nitrogens with zero attached hydrogens (tertiary/aromatic N) is 4. The molecular weight excluding hydrogens is 459 g/mol. The number of alkyl halides is 3. The topological polar surface area (TPSA) is 99.0 Å². The molecule has 0 saturated heterocycles. The van der Waals surface area contributed by atoms with Crippen molar-refractivity contribution in [3.05, 3.63) is 90.8 Å². The van der Waals surface area contributed by atoms with Crippen LogP contribution in [-0.4, -0.2) is 27.9 Å². The van der Waals surface area contributed by atoms with E-state index < -0.39 is 27.5 Å². The largest absolute Gasteiger partial charge is 0.439 e. The summed E-state index contributed by atoms with van der Waals surface area (Å²) in [6.07, 6.45) is 1.77. The molecule has 0 spiro atoms. The van der Waals surface area contributed by atoms with Crippen LogP contribution in [0.2, 0.25) is 0 Å². The van der Waals surface area contributed by atoms with Gasteiger partial charge in [0.25, 0.3) is 0 Å². The molecule has 170 valence electrons. The monoisotopic (exact) mass is 475 g/mol. The first-order valence-corrected chi connectivity index (χ1v) is 11.1. The number of benzene rings is 2. The lowest BCUT2D eigenvalue weighted by Crippen LogP contribution is -2.15. The zero-order valence-corrected chi connectivity index (χ0v) is 17.6. The lowest BCUT2D eigenvalue weighted by Gasteiger charge is -2.11. The highest BCUT2D eigenvalue weighted by Gasteiger charge is 2.30. The van der Waals surface area contributed by atoms with Gasteiger partial charge in [-0.15, -0.1) is 0 Å². The summed E-state index contributed by atoms with van der Waals surface area (Å²) >= 11 is 0. The molecular formula is C21H16F3N5O3S. The van der Waals surface area contributed by atoms with Crippen molar-refractivity contribution >= 4 is 15.7 Å². The third-order valence-corrected chi connectivity index (χ3v) is 5.64. The number of hydrogen-bond acceptors (Lipinski definition) is 6. The summed E-state index contributed by atoms with van der Waals surface area (Å²) in [6.45, 7) is 0. The van der Waals surface area contributed by atoms with Crippen LogP contribution in [-0.2, 0) is 22.0 Å². The highest BCUT2D eigenvalue weighted by atomic mass is 32.2. The highest BCUT2D eigenvalue weighted by molar-refractivity contribution is 7.91. The van der Waals surface area contributed by atoms with E-state index in [1.54, 1.807) is 41.5 Å². The van der Waals surface area contributed by atoms with Crippen LogP contribution in [0.5, 0.6) is 11.6 Å². The minimum atomic E-state index is -4.48. The molecule has 0 aliphatic carbocycles. The van der Waals surface area contributed by atoms with E-state index in [2.05, 4.69) is 19.7 Å². The molecule has 2 heterocycles. The fourth-order valence-electron chi connectivity index (χ4n) is 2.86. The molecule has 2 aromatic heterocycles. The van der Waals surface area contributed by atoms with Crippen LogP contribution in [0.3, 0.4) is 0 Å². The fourth-order valence-corrected chi connectivity index (χ4v) is 4.06. The van der Waals surface area contributed by atoms with Gasteiger partial charge in [0.05, 0.1) is 11.3 Å². The highest BCUT2D eigenvalue weighted by Crippen LogP contribution is 2.29. The predicted molar refractivity (Wildman–Crippen MR) is 113 cm³/mol. The molecule has 0 saturated carbocycles. The van der Waals surface area contributed by atoms with Crippen LogP contribution in [0.15, 0.2) is 79.6 Å². The average molecular weight is 475 g/mol. The molecule has 0 amide bonds. The predicted octanol–water partition coefficient (Wildman–Crippen LogP) is 4.42. The maximum atomic E-state index is 12.6. The number of aromatic nitrogens is 4. The van der Waals surface area contributed by atoms with Gasteiger partial charge in [-0.3, -0.25) is 9.29 Å². The van der Waals surface area contributed by atoms with Crippen molar-refractivity contribution in [3.63, 3.8) is 0 Å². The van der Waals surface area contributed by atoms with Gasteiger partial charge in [-0.2, -0.15) is 13.2 Å². The van der Waals surface area contributed by atoms with E-state index in [1.807, 2.05) is 0 Å².